The molecule has 3 aliphatic rings. The minimum Gasteiger partial charge on any atom is -0.336 e. The lowest BCUT2D eigenvalue weighted by Gasteiger charge is -2.37. The van der Waals surface area contributed by atoms with Gasteiger partial charge in [-0.3, -0.25) is 9.59 Å². The van der Waals surface area contributed by atoms with Gasteiger partial charge in [0.05, 0.1) is 18.8 Å². The van der Waals surface area contributed by atoms with Crippen molar-refractivity contribution in [2.45, 2.75) is 68.8 Å². The van der Waals surface area contributed by atoms with Crippen molar-refractivity contribution in [2.24, 2.45) is 5.92 Å². The molecule has 0 bridgehead atoms. The average Bonchev–Trinajstić information content (AvgIpc) is 3.24. The summed E-state index contributed by atoms with van der Waals surface area (Å²) in [5.41, 5.74) is -0.0852. The third-order valence-electron chi connectivity index (χ3n) is 6.94. The highest BCUT2D eigenvalue weighted by atomic mass is 19.3. The number of nitrogens with zero attached hydrogens (tertiary/aromatic N) is 4. The molecule has 2 atom stereocenters. The highest BCUT2D eigenvalue weighted by Gasteiger charge is 2.47. The lowest BCUT2D eigenvalue weighted by atomic mass is 9.72. The van der Waals surface area contributed by atoms with Gasteiger partial charge in [0.2, 0.25) is 11.8 Å². The third kappa shape index (κ3) is 3.61. The number of alkyl halides is 4. The predicted octanol–water partition coefficient (Wildman–Crippen LogP) is 3.23. The number of nitrogens with one attached hydrogen (secondary N) is 1. The zero-order valence-corrected chi connectivity index (χ0v) is 16.8. The number of amides is 1. The van der Waals surface area contributed by atoms with Gasteiger partial charge in [0.1, 0.15) is 11.2 Å². The molecule has 7 nitrogen and oxygen atoms in total. The molecule has 168 valence electrons. The van der Waals surface area contributed by atoms with Crippen LogP contribution in [-0.2, 0) is 4.79 Å². The van der Waals surface area contributed by atoms with Crippen LogP contribution in [0.15, 0.2) is 11.0 Å². The zero-order valence-electron chi connectivity index (χ0n) is 16.8. The molecule has 1 aliphatic heterocycles. The van der Waals surface area contributed by atoms with Gasteiger partial charge in [-0.15, -0.1) is 0 Å². The molecule has 11 heteroatoms. The van der Waals surface area contributed by atoms with E-state index in [1.807, 2.05) is 0 Å². The summed E-state index contributed by atoms with van der Waals surface area (Å²) in [6.07, 6.45) is 2.19. The molecule has 0 spiro atoms. The van der Waals surface area contributed by atoms with E-state index in [1.54, 1.807) is 4.68 Å². The summed E-state index contributed by atoms with van der Waals surface area (Å²) in [6.45, 7) is -0.547. The van der Waals surface area contributed by atoms with Crippen LogP contribution in [0.5, 0.6) is 0 Å². The molecule has 2 aromatic rings. The average molecular weight is 441 g/mol. The molecule has 2 aliphatic carbocycles. The van der Waals surface area contributed by atoms with Gasteiger partial charge in [-0.1, -0.05) is 0 Å². The van der Waals surface area contributed by atoms with Crippen LogP contribution in [0.4, 0.5) is 17.6 Å². The number of aromatic nitrogens is 4. The van der Waals surface area contributed by atoms with E-state index >= 15 is 0 Å². The van der Waals surface area contributed by atoms with Gasteiger partial charge in [0.25, 0.3) is 11.5 Å². The number of hydrogen-bond acceptors (Lipinski definition) is 4. The van der Waals surface area contributed by atoms with E-state index in [9.17, 15) is 27.2 Å². The molecular weight excluding hydrogens is 418 g/mol. The van der Waals surface area contributed by atoms with Crippen molar-refractivity contribution in [3.8, 4) is 0 Å². The molecule has 5 rings (SSSR count). The summed E-state index contributed by atoms with van der Waals surface area (Å²) in [7, 11) is 0. The summed E-state index contributed by atoms with van der Waals surface area (Å²) in [6, 6.07) is -0.273. The minimum atomic E-state index is -2.86. The quantitative estimate of drug-likeness (QED) is 0.742. The first-order valence-electron chi connectivity index (χ1n) is 10.7. The number of fused-ring (bicyclic) bond motifs is 1. The van der Waals surface area contributed by atoms with Crippen molar-refractivity contribution >= 4 is 16.9 Å². The standard InChI is InChI=1S/C20H23F4N5O2/c21-19(22)5-3-11(4-6-19)29-16-14(9-25-29)17(30)27-15(26-16)12-1-2-13(12)18(31)28-8-7-20(23,24)10-28/h9,11-13H,1-8,10H2,(H,26,27,30)/t12-,13-/m0/s1. The van der Waals surface area contributed by atoms with E-state index in [4.69, 9.17) is 0 Å². The van der Waals surface area contributed by atoms with Crippen molar-refractivity contribution < 1.29 is 22.4 Å². The normalized spacial score (nSPS) is 28.1. The Morgan fingerprint density at radius 1 is 1.06 bits per heavy atom. The number of halogens is 4. The number of hydrogen-bond donors (Lipinski definition) is 1. The summed E-state index contributed by atoms with van der Waals surface area (Å²) in [4.78, 5) is 33.8. The lowest BCUT2D eigenvalue weighted by Crippen LogP contribution is -2.43. The fourth-order valence-corrected chi connectivity index (χ4v) is 4.95. The fourth-order valence-electron chi connectivity index (χ4n) is 4.95. The summed E-state index contributed by atoms with van der Waals surface area (Å²) in [5.74, 6) is -6.40. The number of likely N-dealkylation sites (tertiary alicyclic amines) is 1. The monoisotopic (exact) mass is 441 g/mol. The molecule has 3 fully saturated rings. The van der Waals surface area contributed by atoms with Crippen molar-refractivity contribution in [2.75, 3.05) is 13.1 Å². The van der Waals surface area contributed by atoms with E-state index < -0.39 is 29.9 Å². The van der Waals surface area contributed by atoms with Crippen molar-refractivity contribution in [3.05, 3.63) is 22.4 Å². The van der Waals surface area contributed by atoms with Gasteiger partial charge >= 0.3 is 0 Å². The molecule has 2 saturated carbocycles. The first-order chi connectivity index (χ1) is 14.6. The van der Waals surface area contributed by atoms with E-state index in [2.05, 4.69) is 15.1 Å². The summed E-state index contributed by atoms with van der Waals surface area (Å²) in [5, 5.41) is 4.50. The number of aromatic amines is 1. The van der Waals surface area contributed by atoms with Gasteiger partial charge < -0.3 is 9.88 Å². The number of carbonyl (C=O) groups is 1. The number of carbonyl (C=O) groups excluding carboxylic acids is 1. The Bertz CT molecular complexity index is 1070. The lowest BCUT2D eigenvalue weighted by molar-refractivity contribution is -0.139. The number of rotatable bonds is 3. The topological polar surface area (TPSA) is 83.9 Å². The predicted molar refractivity (Wildman–Crippen MR) is 102 cm³/mol. The summed E-state index contributed by atoms with van der Waals surface area (Å²) < 4.78 is 55.6. The van der Waals surface area contributed by atoms with E-state index in [-0.39, 0.29) is 61.9 Å². The van der Waals surface area contributed by atoms with Crippen LogP contribution in [-0.4, -0.2) is 55.5 Å². The van der Waals surface area contributed by atoms with Crippen molar-refractivity contribution in [1.29, 1.82) is 0 Å². The first kappa shape index (κ1) is 20.4. The highest BCUT2D eigenvalue weighted by Crippen LogP contribution is 2.44. The Kier molecular flexibility index (Phi) is 4.63. The second-order valence-electron chi connectivity index (χ2n) is 9.02. The molecule has 0 aromatic carbocycles. The van der Waals surface area contributed by atoms with Crippen LogP contribution in [0.3, 0.4) is 0 Å². The maximum Gasteiger partial charge on any atom is 0.267 e. The van der Waals surface area contributed by atoms with Gasteiger partial charge in [0, 0.05) is 37.6 Å². The summed E-state index contributed by atoms with van der Waals surface area (Å²) >= 11 is 0. The maximum absolute atomic E-state index is 13.5. The van der Waals surface area contributed by atoms with Crippen LogP contribution in [0.1, 0.15) is 62.7 Å². The van der Waals surface area contributed by atoms with Crippen molar-refractivity contribution in [3.63, 3.8) is 0 Å². The number of H-pyrrole nitrogens is 1. The van der Waals surface area contributed by atoms with E-state index in [0.717, 1.165) is 0 Å². The second-order valence-corrected chi connectivity index (χ2v) is 9.02. The highest BCUT2D eigenvalue weighted by molar-refractivity contribution is 5.81. The minimum absolute atomic E-state index is 0.0249. The zero-order chi connectivity index (χ0) is 22.0. The molecule has 1 saturated heterocycles. The first-order valence-corrected chi connectivity index (χ1v) is 10.7. The molecule has 1 amide bonds. The van der Waals surface area contributed by atoms with Crippen LogP contribution in [0.2, 0.25) is 0 Å². The Morgan fingerprint density at radius 3 is 2.42 bits per heavy atom. The smallest absolute Gasteiger partial charge is 0.267 e. The van der Waals surface area contributed by atoms with Gasteiger partial charge in [0.15, 0.2) is 5.65 Å². The van der Waals surface area contributed by atoms with Crippen LogP contribution in [0, 0.1) is 5.92 Å². The molecule has 1 N–H and O–H groups in total. The molecule has 3 heterocycles. The Hall–Kier alpha value is -2.46. The Balaban J connectivity index is 1.40. The van der Waals surface area contributed by atoms with Crippen LogP contribution >= 0.6 is 0 Å². The molecule has 0 unspecified atom stereocenters. The van der Waals surface area contributed by atoms with Gasteiger partial charge in [-0.25, -0.2) is 27.2 Å². The maximum atomic E-state index is 13.5. The van der Waals surface area contributed by atoms with Gasteiger partial charge in [-0.2, -0.15) is 5.10 Å². The third-order valence-corrected chi connectivity index (χ3v) is 6.94. The van der Waals surface area contributed by atoms with Crippen molar-refractivity contribution in [1.82, 2.24) is 24.6 Å². The van der Waals surface area contributed by atoms with Crippen LogP contribution < -0.4 is 5.56 Å². The molecule has 31 heavy (non-hydrogen) atoms. The van der Waals surface area contributed by atoms with E-state index in [0.29, 0.717) is 24.3 Å². The molecule has 0 radical (unpaired) electrons. The van der Waals surface area contributed by atoms with Crippen LogP contribution in [0.25, 0.3) is 11.0 Å². The Morgan fingerprint density at radius 2 is 1.81 bits per heavy atom. The van der Waals surface area contributed by atoms with Gasteiger partial charge in [-0.05, 0) is 25.7 Å². The second kappa shape index (κ2) is 7.03. The Labute approximate surface area is 174 Å². The largest absolute Gasteiger partial charge is 0.336 e. The fraction of sp³-hybridized carbons (Fsp3) is 0.700. The molecular formula is C20H23F4N5O2. The SMILES string of the molecule is O=C([C@H]1CC[C@@H]1c1nc2c(cnn2C2CCC(F)(F)CC2)c(=O)[nH]1)N1CCC(F)(F)C1. The van der Waals surface area contributed by atoms with E-state index in [1.165, 1.54) is 11.1 Å². The molecule has 2 aromatic heterocycles.